The first-order valence-electron chi connectivity index (χ1n) is 12.5. The third-order valence-corrected chi connectivity index (χ3v) is 7.77. The molecule has 4 rings (SSSR count). The van der Waals surface area contributed by atoms with Crippen LogP contribution in [0.25, 0.3) is 11.1 Å². The van der Waals surface area contributed by atoms with Crippen molar-refractivity contribution < 1.29 is 35.9 Å². The summed E-state index contributed by atoms with van der Waals surface area (Å²) in [4.78, 5) is 13.5. The van der Waals surface area contributed by atoms with E-state index in [1.807, 2.05) is 61.5 Å². The molecule has 6 nitrogen and oxygen atoms in total. The number of esters is 1. The fourth-order valence-electron chi connectivity index (χ4n) is 4.70. The molecule has 0 amide bonds. The smallest absolute Gasteiger partial charge is 0.490 e. The Morgan fingerprint density at radius 3 is 2.44 bits per heavy atom. The van der Waals surface area contributed by atoms with Gasteiger partial charge in [0, 0.05) is 31.3 Å². The van der Waals surface area contributed by atoms with Crippen molar-refractivity contribution in [3.8, 4) is 16.9 Å². The molecule has 0 N–H and O–H groups in total. The number of hydrogen-bond acceptors (Lipinski definition) is 6. The molecule has 1 heterocycles. The highest BCUT2D eigenvalue weighted by molar-refractivity contribution is 7.90. The topological polar surface area (TPSA) is 72.9 Å². The Kier molecular flexibility index (Phi) is 8.66. The SMILES string of the molecule is Cc1cccc(CN2CCC(COc3ccc(-c4ccccc4)c(S(C)(=O)=O)c3)CC2OC(=O)C(F)(F)F)c1. The summed E-state index contributed by atoms with van der Waals surface area (Å²) in [6.07, 6.45) is -4.29. The number of benzene rings is 3. The summed E-state index contributed by atoms with van der Waals surface area (Å²) in [5, 5.41) is 0. The lowest BCUT2D eigenvalue weighted by molar-refractivity contribution is -0.217. The van der Waals surface area contributed by atoms with Gasteiger partial charge in [-0.1, -0.05) is 60.2 Å². The van der Waals surface area contributed by atoms with Crippen LogP contribution in [0.5, 0.6) is 5.75 Å². The lowest BCUT2D eigenvalue weighted by Gasteiger charge is -2.38. The van der Waals surface area contributed by atoms with Crippen molar-refractivity contribution in [1.29, 1.82) is 0 Å². The van der Waals surface area contributed by atoms with Crippen LogP contribution in [0.2, 0.25) is 0 Å². The molecule has 0 saturated carbocycles. The summed E-state index contributed by atoms with van der Waals surface area (Å²) in [7, 11) is -3.57. The number of carbonyl (C=O) groups is 1. The number of rotatable bonds is 8. The number of piperidine rings is 1. The van der Waals surface area contributed by atoms with E-state index in [0.717, 1.165) is 22.9 Å². The lowest BCUT2D eigenvalue weighted by Crippen LogP contribution is -2.47. The molecule has 1 aliphatic rings. The fraction of sp³-hybridized carbons (Fsp3) is 0.345. The monoisotopic (exact) mass is 561 g/mol. The van der Waals surface area contributed by atoms with Crippen molar-refractivity contribution in [1.82, 2.24) is 4.90 Å². The molecule has 3 aromatic rings. The van der Waals surface area contributed by atoms with Gasteiger partial charge in [-0.3, -0.25) is 4.90 Å². The van der Waals surface area contributed by atoms with E-state index in [2.05, 4.69) is 0 Å². The van der Waals surface area contributed by atoms with E-state index in [1.165, 1.54) is 6.07 Å². The minimum atomic E-state index is -5.10. The average Bonchev–Trinajstić information content (AvgIpc) is 2.88. The van der Waals surface area contributed by atoms with Gasteiger partial charge in [-0.25, -0.2) is 13.2 Å². The Hall–Kier alpha value is -3.37. The quantitative estimate of drug-likeness (QED) is 0.325. The summed E-state index contributed by atoms with van der Waals surface area (Å²) in [6, 6.07) is 21.5. The molecule has 0 bridgehead atoms. The number of hydrogen-bond donors (Lipinski definition) is 0. The van der Waals surface area contributed by atoms with Gasteiger partial charge >= 0.3 is 12.1 Å². The van der Waals surface area contributed by atoms with Gasteiger partial charge in [0.05, 0.1) is 11.5 Å². The molecule has 0 spiro atoms. The van der Waals surface area contributed by atoms with Gasteiger partial charge in [0.2, 0.25) is 0 Å². The van der Waals surface area contributed by atoms with Crippen LogP contribution in [0.3, 0.4) is 0 Å². The van der Waals surface area contributed by atoms with Crippen molar-refractivity contribution >= 4 is 15.8 Å². The van der Waals surface area contributed by atoms with E-state index in [9.17, 15) is 26.4 Å². The second kappa shape index (κ2) is 11.8. The summed E-state index contributed by atoms with van der Waals surface area (Å²) >= 11 is 0. The highest BCUT2D eigenvalue weighted by atomic mass is 32.2. The first-order valence-corrected chi connectivity index (χ1v) is 14.4. The van der Waals surface area contributed by atoms with E-state index in [-0.39, 0.29) is 23.8 Å². The number of likely N-dealkylation sites (tertiary alicyclic amines) is 1. The maximum Gasteiger partial charge on any atom is 0.490 e. The molecular formula is C29H30F3NO5S. The van der Waals surface area contributed by atoms with Crippen LogP contribution in [0.15, 0.2) is 77.7 Å². The predicted octanol–water partition coefficient (Wildman–Crippen LogP) is 5.79. The van der Waals surface area contributed by atoms with E-state index >= 15 is 0 Å². The highest BCUT2D eigenvalue weighted by Crippen LogP contribution is 2.32. The standard InChI is InChI=1S/C29H30F3NO5S/c1-20-7-6-8-21(15-20)18-33-14-13-22(16-27(33)38-28(34)29(30,31)32)19-37-24-11-12-25(23-9-4-3-5-10-23)26(17-24)39(2,35)36/h3-12,15,17,22,27H,13-14,16,18-19H2,1-2H3. The number of aryl methyl sites for hydroxylation is 1. The maximum atomic E-state index is 13.0. The number of ether oxygens (including phenoxy) is 2. The molecule has 208 valence electrons. The van der Waals surface area contributed by atoms with Crippen molar-refractivity contribution in [2.24, 2.45) is 5.92 Å². The van der Waals surface area contributed by atoms with Crippen LogP contribution >= 0.6 is 0 Å². The zero-order valence-electron chi connectivity index (χ0n) is 21.6. The van der Waals surface area contributed by atoms with Crippen molar-refractivity contribution in [3.63, 3.8) is 0 Å². The number of alkyl halides is 3. The van der Waals surface area contributed by atoms with E-state index < -0.39 is 28.2 Å². The first kappa shape index (κ1) is 28.6. The molecule has 0 radical (unpaired) electrons. The van der Waals surface area contributed by atoms with Crippen LogP contribution in [0.4, 0.5) is 13.2 Å². The molecule has 39 heavy (non-hydrogen) atoms. The third-order valence-electron chi connectivity index (χ3n) is 6.63. The molecule has 3 aromatic carbocycles. The lowest BCUT2D eigenvalue weighted by atomic mass is 9.95. The summed E-state index contributed by atoms with van der Waals surface area (Å²) in [5.41, 5.74) is 3.23. The average molecular weight is 562 g/mol. The van der Waals surface area contributed by atoms with Gasteiger partial charge in [-0.15, -0.1) is 0 Å². The minimum Gasteiger partial charge on any atom is -0.493 e. The molecule has 1 aliphatic heterocycles. The third kappa shape index (κ3) is 7.60. The van der Waals surface area contributed by atoms with E-state index in [1.54, 1.807) is 17.0 Å². The summed E-state index contributed by atoms with van der Waals surface area (Å²) in [6.45, 7) is 2.80. The van der Waals surface area contributed by atoms with Gasteiger partial charge in [0.1, 0.15) is 5.75 Å². The van der Waals surface area contributed by atoms with Gasteiger partial charge in [-0.2, -0.15) is 13.2 Å². The molecule has 1 fully saturated rings. The minimum absolute atomic E-state index is 0.121. The van der Waals surface area contributed by atoms with Gasteiger partial charge < -0.3 is 9.47 Å². The Bertz CT molecular complexity index is 1410. The summed E-state index contributed by atoms with van der Waals surface area (Å²) < 4.78 is 74.9. The van der Waals surface area contributed by atoms with E-state index in [0.29, 0.717) is 30.8 Å². The number of sulfone groups is 1. The number of halogens is 3. The molecule has 0 aliphatic carbocycles. The molecule has 0 aromatic heterocycles. The molecule has 2 atom stereocenters. The van der Waals surface area contributed by atoms with Gasteiger partial charge in [-0.05, 0) is 48.6 Å². The second-order valence-corrected chi connectivity index (χ2v) is 11.8. The van der Waals surface area contributed by atoms with Gasteiger partial charge in [0.25, 0.3) is 0 Å². The molecular weight excluding hydrogens is 531 g/mol. The van der Waals surface area contributed by atoms with E-state index in [4.69, 9.17) is 9.47 Å². The molecule has 1 saturated heterocycles. The fourth-order valence-corrected chi connectivity index (χ4v) is 5.62. The highest BCUT2D eigenvalue weighted by Gasteiger charge is 2.44. The summed E-state index contributed by atoms with van der Waals surface area (Å²) in [5.74, 6) is -2.10. The molecule has 2 unspecified atom stereocenters. The number of carbonyl (C=O) groups excluding carboxylic acids is 1. The predicted molar refractivity (Wildman–Crippen MR) is 141 cm³/mol. The second-order valence-electron chi connectivity index (χ2n) is 9.81. The maximum absolute atomic E-state index is 13.0. The van der Waals surface area contributed by atoms with Crippen molar-refractivity contribution in [2.75, 3.05) is 19.4 Å². The van der Waals surface area contributed by atoms with Crippen LogP contribution in [0.1, 0.15) is 24.0 Å². The van der Waals surface area contributed by atoms with Crippen LogP contribution in [-0.4, -0.2) is 51.1 Å². The van der Waals surface area contributed by atoms with Crippen molar-refractivity contribution in [2.45, 2.75) is 43.6 Å². The van der Waals surface area contributed by atoms with Gasteiger partial charge in [0.15, 0.2) is 16.1 Å². The first-order chi connectivity index (χ1) is 18.4. The van der Waals surface area contributed by atoms with Crippen LogP contribution < -0.4 is 4.74 Å². The Morgan fingerprint density at radius 1 is 1.03 bits per heavy atom. The Morgan fingerprint density at radius 2 is 1.77 bits per heavy atom. The Labute approximate surface area is 226 Å². The van der Waals surface area contributed by atoms with Crippen LogP contribution in [-0.2, 0) is 25.9 Å². The Balaban J connectivity index is 1.48. The normalized spacial score (nSPS) is 18.5. The van der Waals surface area contributed by atoms with Crippen molar-refractivity contribution in [3.05, 3.63) is 83.9 Å². The van der Waals surface area contributed by atoms with Crippen LogP contribution in [0, 0.1) is 12.8 Å². The largest absolute Gasteiger partial charge is 0.493 e. The zero-order chi connectivity index (χ0) is 28.2. The zero-order valence-corrected chi connectivity index (χ0v) is 22.5. The number of nitrogens with zero attached hydrogens (tertiary/aromatic N) is 1. The molecule has 10 heteroatoms.